The minimum Gasteiger partial charge on any atom is -0.495 e. The molecule has 2 aromatic rings. The highest BCUT2D eigenvalue weighted by atomic mass is 16.5. The Kier molecular flexibility index (Phi) is 5.52. The van der Waals surface area contributed by atoms with E-state index in [2.05, 4.69) is 15.6 Å². The van der Waals surface area contributed by atoms with Gasteiger partial charge in [0, 0.05) is 18.9 Å². The van der Waals surface area contributed by atoms with E-state index >= 15 is 0 Å². The van der Waals surface area contributed by atoms with Crippen molar-refractivity contribution in [3.05, 3.63) is 54.4 Å². The topological polar surface area (TPSA) is 80.3 Å². The maximum Gasteiger partial charge on any atom is 0.239 e. The van der Waals surface area contributed by atoms with Crippen molar-refractivity contribution in [2.45, 2.75) is 20.4 Å². The third kappa shape index (κ3) is 4.10. The van der Waals surface area contributed by atoms with Crippen LogP contribution < -0.4 is 15.4 Å². The summed E-state index contributed by atoms with van der Waals surface area (Å²) in [5.74, 6) is -0.230. The van der Waals surface area contributed by atoms with E-state index in [4.69, 9.17) is 4.74 Å². The molecule has 2 N–H and O–H groups in total. The number of benzene rings is 1. The van der Waals surface area contributed by atoms with Crippen molar-refractivity contribution in [1.82, 2.24) is 10.3 Å². The second-order valence-corrected chi connectivity index (χ2v) is 5.82. The smallest absolute Gasteiger partial charge is 0.239 e. The number of carbonyl (C=O) groups is 2. The summed E-state index contributed by atoms with van der Waals surface area (Å²) in [7, 11) is 1.52. The quantitative estimate of drug-likeness (QED) is 0.798. The van der Waals surface area contributed by atoms with E-state index in [1.165, 1.54) is 7.11 Å². The van der Waals surface area contributed by atoms with Gasteiger partial charge >= 0.3 is 0 Å². The van der Waals surface area contributed by atoms with Gasteiger partial charge in [0.1, 0.15) is 11.2 Å². The molecule has 0 spiro atoms. The summed E-state index contributed by atoms with van der Waals surface area (Å²) in [6, 6.07) is 10.7. The average Bonchev–Trinajstić information content (AvgIpc) is 2.60. The molecule has 6 nitrogen and oxygen atoms in total. The number of hydrogen-bond acceptors (Lipinski definition) is 4. The van der Waals surface area contributed by atoms with Crippen LogP contribution in [0.3, 0.4) is 0 Å². The first-order valence-electron chi connectivity index (χ1n) is 7.57. The van der Waals surface area contributed by atoms with E-state index in [-0.39, 0.29) is 5.91 Å². The normalized spacial score (nSPS) is 10.8. The molecule has 0 fully saturated rings. The van der Waals surface area contributed by atoms with E-state index in [1.807, 2.05) is 6.07 Å². The van der Waals surface area contributed by atoms with Crippen LogP contribution in [0, 0.1) is 5.41 Å². The highest BCUT2D eigenvalue weighted by molar-refractivity contribution is 6.10. The fraction of sp³-hybridized carbons (Fsp3) is 0.278. The molecule has 0 radical (unpaired) electrons. The summed E-state index contributed by atoms with van der Waals surface area (Å²) in [6.45, 7) is 3.48. The second kappa shape index (κ2) is 7.59. The van der Waals surface area contributed by atoms with Crippen LogP contribution in [-0.4, -0.2) is 23.9 Å². The summed E-state index contributed by atoms with van der Waals surface area (Å²) in [6.07, 6.45) is 3.33. The lowest BCUT2D eigenvalue weighted by Crippen LogP contribution is -2.44. The zero-order valence-corrected chi connectivity index (χ0v) is 14.0. The first-order chi connectivity index (χ1) is 11.4. The SMILES string of the molecule is COc1ccccc1NC(=O)C(C)(C)C(=O)NCc1cccnc1. The highest BCUT2D eigenvalue weighted by Gasteiger charge is 2.36. The van der Waals surface area contributed by atoms with Crippen LogP contribution in [0.5, 0.6) is 5.75 Å². The maximum absolute atomic E-state index is 12.5. The van der Waals surface area contributed by atoms with Crippen LogP contribution in [0.15, 0.2) is 48.8 Å². The van der Waals surface area contributed by atoms with Gasteiger partial charge in [-0.3, -0.25) is 14.6 Å². The summed E-state index contributed by atoms with van der Waals surface area (Å²) >= 11 is 0. The summed E-state index contributed by atoms with van der Waals surface area (Å²) in [5.41, 5.74) is 0.160. The van der Waals surface area contributed by atoms with Crippen molar-refractivity contribution in [1.29, 1.82) is 0 Å². The fourth-order valence-electron chi connectivity index (χ4n) is 2.04. The molecule has 0 unspecified atom stereocenters. The number of hydrogen-bond donors (Lipinski definition) is 2. The third-order valence-electron chi connectivity index (χ3n) is 3.67. The largest absolute Gasteiger partial charge is 0.495 e. The molecule has 6 heteroatoms. The van der Waals surface area contributed by atoms with Gasteiger partial charge in [-0.15, -0.1) is 0 Å². The monoisotopic (exact) mass is 327 g/mol. The number of rotatable bonds is 6. The van der Waals surface area contributed by atoms with Crippen LogP contribution >= 0.6 is 0 Å². The number of carbonyl (C=O) groups excluding carboxylic acids is 2. The molecule has 1 aromatic carbocycles. The Bertz CT molecular complexity index is 714. The van der Waals surface area contributed by atoms with Gasteiger partial charge in [-0.1, -0.05) is 18.2 Å². The molecule has 2 rings (SSSR count). The lowest BCUT2D eigenvalue weighted by molar-refractivity contribution is -0.138. The highest BCUT2D eigenvalue weighted by Crippen LogP contribution is 2.26. The molecule has 1 heterocycles. The Hall–Kier alpha value is -2.89. The minimum absolute atomic E-state index is 0.318. The Morgan fingerprint density at radius 3 is 2.54 bits per heavy atom. The van der Waals surface area contributed by atoms with Gasteiger partial charge in [-0.25, -0.2) is 0 Å². The van der Waals surface area contributed by atoms with Crippen LogP contribution in [0.25, 0.3) is 0 Å². The van der Waals surface area contributed by atoms with E-state index in [9.17, 15) is 9.59 Å². The molecule has 0 atom stereocenters. The molecule has 0 aliphatic rings. The van der Waals surface area contributed by atoms with Crippen LogP contribution in [0.2, 0.25) is 0 Å². The van der Waals surface area contributed by atoms with Gasteiger partial charge in [0.2, 0.25) is 11.8 Å². The van der Waals surface area contributed by atoms with Crippen LogP contribution in [0.1, 0.15) is 19.4 Å². The maximum atomic E-state index is 12.5. The predicted octanol–water partition coefficient (Wildman–Crippen LogP) is 2.37. The predicted molar refractivity (Wildman–Crippen MR) is 91.5 cm³/mol. The van der Waals surface area contributed by atoms with Crippen molar-refractivity contribution in [3.8, 4) is 5.75 Å². The van der Waals surface area contributed by atoms with E-state index in [0.717, 1.165) is 5.56 Å². The van der Waals surface area contributed by atoms with Gasteiger partial charge in [0.15, 0.2) is 0 Å². The van der Waals surface area contributed by atoms with Gasteiger partial charge < -0.3 is 15.4 Å². The van der Waals surface area contributed by atoms with Crippen molar-refractivity contribution in [3.63, 3.8) is 0 Å². The number of methoxy groups -OCH3 is 1. The molecular formula is C18H21N3O3. The van der Waals surface area contributed by atoms with E-state index < -0.39 is 11.3 Å². The van der Waals surface area contributed by atoms with Crippen LogP contribution in [-0.2, 0) is 16.1 Å². The number of pyridine rings is 1. The van der Waals surface area contributed by atoms with Gasteiger partial charge in [0.05, 0.1) is 12.8 Å². The van der Waals surface area contributed by atoms with Crippen molar-refractivity contribution in [2.75, 3.05) is 12.4 Å². The molecule has 0 bridgehead atoms. The number of nitrogens with one attached hydrogen (secondary N) is 2. The Morgan fingerprint density at radius 2 is 1.88 bits per heavy atom. The molecule has 0 saturated carbocycles. The Morgan fingerprint density at radius 1 is 1.12 bits per heavy atom. The van der Waals surface area contributed by atoms with E-state index in [1.54, 1.807) is 56.6 Å². The fourth-order valence-corrected chi connectivity index (χ4v) is 2.04. The zero-order chi connectivity index (χ0) is 17.6. The van der Waals surface area contributed by atoms with Crippen molar-refractivity contribution in [2.24, 2.45) is 5.41 Å². The lowest BCUT2D eigenvalue weighted by atomic mass is 9.90. The molecule has 2 amide bonds. The molecule has 24 heavy (non-hydrogen) atoms. The average molecular weight is 327 g/mol. The molecule has 0 saturated heterocycles. The first-order valence-corrected chi connectivity index (χ1v) is 7.57. The number of para-hydroxylation sites is 2. The Labute approximate surface area is 141 Å². The third-order valence-corrected chi connectivity index (χ3v) is 3.67. The molecule has 0 aliphatic carbocycles. The first kappa shape index (κ1) is 17.5. The Balaban J connectivity index is 2.02. The zero-order valence-electron chi connectivity index (χ0n) is 14.0. The lowest BCUT2D eigenvalue weighted by Gasteiger charge is -2.23. The van der Waals surface area contributed by atoms with Gasteiger partial charge in [-0.05, 0) is 37.6 Å². The number of anilines is 1. The van der Waals surface area contributed by atoms with Gasteiger partial charge in [0.25, 0.3) is 0 Å². The number of amides is 2. The van der Waals surface area contributed by atoms with Crippen molar-refractivity contribution < 1.29 is 14.3 Å². The standard InChI is InChI=1S/C18H21N3O3/c1-18(2,16(22)20-12-13-7-6-10-19-11-13)17(23)21-14-8-4-5-9-15(14)24-3/h4-11H,12H2,1-3H3,(H,20,22)(H,21,23). The molecule has 1 aromatic heterocycles. The van der Waals surface area contributed by atoms with E-state index in [0.29, 0.717) is 18.0 Å². The van der Waals surface area contributed by atoms with Crippen LogP contribution in [0.4, 0.5) is 5.69 Å². The second-order valence-electron chi connectivity index (χ2n) is 5.82. The van der Waals surface area contributed by atoms with Gasteiger partial charge in [-0.2, -0.15) is 0 Å². The summed E-state index contributed by atoms with van der Waals surface area (Å²) < 4.78 is 5.20. The molecule has 126 valence electrons. The summed E-state index contributed by atoms with van der Waals surface area (Å²) in [4.78, 5) is 28.9. The number of aromatic nitrogens is 1. The number of nitrogens with zero attached hydrogens (tertiary/aromatic N) is 1. The number of ether oxygens (including phenoxy) is 1. The van der Waals surface area contributed by atoms with Crippen molar-refractivity contribution >= 4 is 17.5 Å². The minimum atomic E-state index is -1.23. The summed E-state index contributed by atoms with van der Waals surface area (Å²) in [5, 5.41) is 5.51. The molecular weight excluding hydrogens is 306 g/mol. The molecule has 0 aliphatic heterocycles.